The molecule has 3 aliphatic rings. The predicted molar refractivity (Wildman–Crippen MR) is 136 cm³/mol. The SMILES string of the molecule is CN1CCOCC1.Cc1c(Cl)cccc1S(=O)(=O)N1CCC[C@H](NC(=O)C2(C)CCCCC2)C1. The monoisotopic (exact) mass is 513 g/mol. The van der Waals surface area contributed by atoms with Gasteiger partial charge in [0.05, 0.1) is 18.1 Å². The highest BCUT2D eigenvalue weighted by Gasteiger charge is 2.37. The minimum absolute atomic E-state index is 0.0744. The summed E-state index contributed by atoms with van der Waals surface area (Å²) in [4.78, 5) is 15.3. The largest absolute Gasteiger partial charge is 0.379 e. The fourth-order valence-electron chi connectivity index (χ4n) is 4.86. The van der Waals surface area contributed by atoms with Gasteiger partial charge in [0.2, 0.25) is 15.9 Å². The van der Waals surface area contributed by atoms with Crippen LogP contribution in [0.5, 0.6) is 0 Å². The van der Waals surface area contributed by atoms with Crippen molar-refractivity contribution in [1.29, 1.82) is 0 Å². The third kappa shape index (κ3) is 6.94. The van der Waals surface area contributed by atoms with Crippen LogP contribution in [0.15, 0.2) is 23.1 Å². The summed E-state index contributed by atoms with van der Waals surface area (Å²) in [7, 11) is -1.51. The van der Waals surface area contributed by atoms with Crippen molar-refractivity contribution in [1.82, 2.24) is 14.5 Å². The number of ether oxygens (including phenoxy) is 1. The maximum Gasteiger partial charge on any atom is 0.243 e. The lowest BCUT2D eigenvalue weighted by Gasteiger charge is -2.37. The summed E-state index contributed by atoms with van der Waals surface area (Å²) in [6, 6.07) is 4.82. The lowest BCUT2D eigenvalue weighted by atomic mass is 9.75. The number of morpholine rings is 1. The van der Waals surface area contributed by atoms with Crippen LogP contribution in [0.25, 0.3) is 0 Å². The number of carbonyl (C=O) groups excluding carboxylic acids is 1. The molecule has 1 N–H and O–H groups in total. The van der Waals surface area contributed by atoms with Crippen molar-refractivity contribution in [3.8, 4) is 0 Å². The van der Waals surface area contributed by atoms with Crippen LogP contribution in [-0.2, 0) is 19.6 Å². The molecule has 0 radical (unpaired) electrons. The summed E-state index contributed by atoms with van der Waals surface area (Å²) < 4.78 is 32.8. The summed E-state index contributed by atoms with van der Waals surface area (Å²) in [6.45, 7) is 8.57. The Bertz CT molecular complexity index is 928. The van der Waals surface area contributed by atoms with Crippen molar-refractivity contribution in [3.05, 3.63) is 28.8 Å². The number of nitrogens with zero attached hydrogens (tertiary/aromatic N) is 2. The molecular formula is C25H40ClN3O4S. The second-order valence-electron chi connectivity index (χ2n) is 10.1. The minimum Gasteiger partial charge on any atom is -0.379 e. The summed E-state index contributed by atoms with van der Waals surface area (Å²) in [6.07, 6.45) is 6.73. The molecule has 1 saturated carbocycles. The van der Waals surface area contributed by atoms with E-state index in [1.165, 1.54) is 10.7 Å². The van der Waals surface area contributed by atoms with Gasteiger partial charge in [0.15, 0.2) is 0 Å². The molecule has 0 bridgehead atoms. The molecule has 9 heteroatoms. The van der Waals surface area contributed by atoms with Crippen LogP contribution < -0.4 is 5.32 Å². The van der Waals surface area contributed by atoms with Crippen molar-refractivity contribution in [2.24, 2.45) is 5.41 Å². The zero-order valence-electron chi connectivity index (χ0n) is 20.8. The molecule has 2 saturated heterocycles. The quantitative estimate of drug-likeness (QED) is 0.661. The second-order valence-corrected chi connectivity index (χ2v) is 12.4. The maximum atomic E-state index is 13.1. The highest BCUT2D eigenvalue weighted by atomic mass is 35.5. The van der Waals surface area contributed by atoms with Gasteiger partial charge in [-0.15, -0.1) is 0 Å². The van der Waals surface area contributed by atoms with Gasteiger partial charge in [0, 0.05) is 42.7 Å². The van der Waals surface area contributed by atoms with Crippen LogP contribution in [0.1, 0.15) is 57.4 Å². The molecule has 4 rings (SSSR count). The number of benzene rings is 1. The minimum atomic E-state index is -3.63. The van der Waals surface area contributed by atoms with Crippen molar-refractivity contribution in [2.45, 2.75) is 69.7 Å². The van der Waals surface area contributed by atoms with E-state index in [-0.39, 0.29) is 22.3 Å². The van der Waals surface area contributed by atoms with Crippen LogP contribution in [-0.4, -0.2) is 76.0 Å². The van der Waals surface area contributed by atoms with Crippen LogP contribution in [0.3, 0.4) is 0 Å². The molecule has 3 fully saturated rings. The standard InChI is InChI=1S/C20H29ClN2O3S.C5H11NO/c1-15-17(21)9-6-10-18(15)27(25,26)23-13-7-8-16(14-23)22-19(24)20(2)11-4-3-5-12-20;1-6-2-4-7-5-3-6/h6,9-10,16H,3-5,7-8,11-14H2,1-2H3,(H,22,24);2-5H2,1H3/t16-;/m0./s1. The highest BCUT2D eigenvalue weighted by molar-refractivity contribution is 7.89. The first-order chi connectivity index (χ1) is 16.1. The Balaban J connectivity index is 0.000000396. The number of amides is 1. The normalized spacial score (nSPS) is 24.1. The number of piperidine rings is 1. The van der Waals surface area contributed by atoms with Gasteiger partial charge in [0.25, 0.3) is 0 Å². The van der Waals surface area contributed by atoms with Gasteiger partial charge in [0.1, 0.15) is 0 Å². The summed E-state index contributed by atoms with van der Waals surface area (Å²) in [5.41, 5.74) is 0.253. The Kier molecular flexibility index (Phi) is 9.81. The first kappa shape index (κ1) is 27.4. The zero-order valence-corrected chi connectivity index (χ0v) is 22.4. The van der Waals surface area contributed by atoms with Gasteiger partial charge in [-0.25, -0.2) is 8.42 Å². The van der Waals surface area contributed by atoms with E-state index in [1.807, 2.05) is 6.92 Å². The number of carbonyl (C=O) groups is 1. The van der Waals surface area contributed by atoms with Crippen molar-refractivity contribution >= 4 is 27.5 Å². The Hall–Kier alpha value is -1.19. The lowest BCUT2D eigenvalue weighted by Crippen LogP contribution is -2.52. The predicted octanol–water partition coefficient (Wildman–Crippen LogP) is 3.84. The van der Waals surface area contributed by atoms with Crippen LogP contribution >= 0.6 is 11.6 Å². The molecular weight excluding hydrogens is 474 g/mol. The molecule has 0 unspecified atom stereocenters. The van der Waals surface area contributed by atoms with Crippen LogP contribution in [0, 0.1) is 12.3 Å². The molecule has 1 amide bonds. The Morgan fingerprint density at radius 2 is 1.79 bits per heavy atom. The number of rotatable bonds is 4. The number of sulfonamides is 1. The van der Waals surface area contributed by atoms with E-state index in [4.69, 9.17) is 16.3 Å². The van der Waals surface area contributed by atoms with Gasteiger partial charge in [-0.1, -0.05) is 43.9 Å². The van der Waals surface area contributed by atoms with E-state index < -0.39 is 10.0 Å². The van der Waals surface area contributed by atoms with E-state index in [0.29, 0.717) is 23.7 Å². The number of halogens is 1. The third-order valence-corrected chi connectivity index (χ3v) is 9.71. The molecule has 2 aliphatic heterocycles. The number of likely N-dealkylation sites (N-methyl/N-ethyl adjacent to an activating group) is 1. The molecule has 1 aromatic carbocycles. The van der Waals surface area contributed by atoms with Gasteiger partial charge in [-0.05, 0) is 57.4 Å². The van der Waals surface area contributed by atoms with Gasteiger partial charge in [-0.2, -0.15) is 4.31 Å². The topological polar surface area (TPSA) is 79.0 Å². The molecule has 34 heavy (non-hydrogen) atoms. The smallest absolute Gasteiger partial charge is 0.243 e. The highest BCUT2D eigenvalue weighted by Crippen LogP contribution is 2.36. The Labute approximate surface area is 210 Å². The molecule has 1 aliphatic carbocycles. The molecule has 1 aromatic rings. The zero-order chi connectivity index (χ0) is 24.8. The number of hydrogen-bond donors (Lipinski definition) is 1. The average molecular weight is 514 g/mol. The van der Waals surface area contributed by atoms with E-state index in [1.54, 1.807) is 25.1 Å². The fraction of sp³-hybridized carbons (Fsp3) is 0.720. The molecule has 0 aromatic heterocycles. The van der Waals surface area contributed by atoms with E-state index in [2.05, 4.69) is 17.3 Å². The molecule has 7 nitrogen and oxygen atoms in total. The van der Waals surface area contributed by atoms with Crippen LogP contribution in [0.2, 0.25) is 5.02 Å². The Morgan fingerprint density at radius 1 is 1.12 bits per heavy atom. The van der Waals surface area contributed by atoms with Crippen molar-refractivity contribution < 1.29 is 17.9 Å². The summed E-state index contributed by atoms with van der Waals surface area (Å²) >= 11 is 6.12. The number of hydrogen-bond acceptors (Lipinski definition) is 5. The van der Waals surface area contributed by atoms with Crippen molar-refractivity contribution in [3.63, 3.8) is 0 Å². The molecule has 2 heterocycles. The van der Waals surface area contributed by atoms with Gasteiger partial charge < -0.3 is 15.0 Å². The van der Waals surface area contributed by atoms with Crippen molar-refractivity contribution in [2.75, 3.05) is 46.4 Å². The van der Waals surface area contributed by atoms with E-state index in [9.17, 15) is 13.2 Å². The Morgan fingerprint density at radius 3 is 2.41 bits per heavy atom. The van der Waals surface area contributed by atoms with E-state index >= 15 is 0 Å². The third-order valence-electron chi connectivity index (χ3n) is 7.30. The first-order valence-electron chi connectivity index (χ1n) is 12.5. The molecule has 0 spiro atoms. The first-order valence-corrected chi connectivity index (χ1v) is 14.3. The average Bonchev–Trinajstić information content (AvgIpc) is 2.82. The van der Waals surface area contributed by atoms with Gasteiger partial charge in [-0.3, -0.25) is 4.79 Å². The maximum absolute atomic E-state index is 13.1. The van der Waals surface area contributed by atoms with Gasteiger partial charge >= 0.3 is 0 Å². The van der Waals surface area contributed by atoms with Crippen LogP contribution in [0.4, 0.5) is 0 Å². The molecule has 192 valence electrons. The summed E-state index contributed by atoms with van der Waals surface area (Å²) in [5, 5.41) is 3.58. The molecule has 1 atom stereocenters. The summed E-state index contributed by atoms with van der Waals surface area (Å²) in [5.74, 6) is 0.0744. The fourth-order valence-corrected chi connectivity index (χ4v) is 6.86. The second kappa shape index (κ2) is 12.2. The van der Waals surface area contributed by atoms with E-state index in [0.717, 1.165) is 64.8 Å². The lowest BCUT2D eigenvalue weighted by molar-refractivity contribution is -0.132. The number of nitrogens with one attached hydrogen (secondary N) is 1.